The first-order valence-corrected chi connectivity index (χ1v) is 26.1. The Kier molecular flexibility index (Phi) is 13.7. The summed E-state index contributed by atoms with van der Waals surface area (Å²) in [5.74, 6) is -0.00435. The van der Waals surface area contributed by atoms with Crippen molar-refractivity contribution in [2.24, 2.45) is 10.9 Å². The van der Waals surface area contributed by atoms with Crippen molar-refractivity contribution in [2.45, 2.75) is 110 Å². The molecule has 1 saturated carbocycles. The highest BCUT2D eigenvalue weighted by molar-refractivity contribution is 7.15. The van der Waals surface area contributed by atoms with E-state index in [9.17, 15) is 19.5 Å². The third-order valence-corrected chi connectivity index (χ3v) is 16.2. The zero-order valence-electron chi connectivity index (χ0n) is 40.6. The van der Waals surface area contributed by atoms with Crippen molar-refractivity contribution in [2.75, 3.05) is 6.54 Å². The second-order valence-corrected chi connectivity index (χ2v) is 21.7. The van der Waals surface area contributed by atoms with E-state index in [1.165, 1.54) is 17.0 Å². The van der Waals surface area contributed by atoms with Crippen LogP contribution in [0.4, 0.5) is 4.39 Å². The van der Waals surface area contributed by atoms with Gasteiger partial charge in [-0.2, -0.15) is 5.10 Å². The minimum Gasteiger partial charge on any atom is -0.490 e. The predicted octanol–water partition coefficient (Wildman–Crippen LogP) is 8.83. The highest BCUT2D eigenvalue weighted by Gasteiger charge is 2.43. The zero-order valence-corrected chi connectivity index (χ0v) is 43.0. The van der Waals surface area contributed by atoms with E-state index in [4.69, 9.17) is 21.3 Å². The fourth-order valence-corrected chi connectivity index (χ4v) is 12.0. The number of β-amino-alcohol motifs (C(OH)–C–C–N with tert-alkyl or cyclic N) is 1. The number of carbonyl (C=O) groups is 3. The third-order valence-electron chi connectivity index (χ3n) is 13.8. The molecule has 7 aromatic rings. The number of rotatable bonds is 14. The maximum absolute atomic E-state index is 15.3. The van der Waals surface area contributed by atoms with Crippen LogP contribution in [0.25, 0.3) is 26.6 Å². The first kappa shape index (κ1) is 49.0. The van der Waals surface area contributed by atoms with Crippen molar-refractivity contribution in [3.05, 3.63) is 140 Å². The van der Waals surface area contributed by atoms with Gasteiger partial charge in [-0.15, -0.1) is 32.9 Å². The number of hydrogen-bond acceptors (Lipinski definition) is 12. The van der Waals surface area contributed by atoms with Crippen molar-refractivity contribution in [1.82, 2.24) is 45.1 Å². The maximum Gasteiger partial charge on any atom is 0.248 e. The lowest BCUT2D eigenvalue weighted by Crippen LogP contribution is -2.49. The van der Waals surface area contributed by atoms with Gasteiger partial charge in [0.05, 0.1) is 40.5 Å². The number of benzene rings is 3. The smallest absolute Gasteiger partial charge is 0.248 e. The van der Waals surface area contributed by atoms with Gasteiger partial charge in [0.1, 0.15) is 46.6 Å². The van der Waals surface area contributed by atoms with E-state index >= 15 is 4.39 Å². The molecule has 3 aromatic carbocycles. The molecule has 15 nitrogen and oxygen atoms in total. The molecule has 372 valence electrons. The molecular formula is C53H54ClFN10O5S2. The van der Waals surface area contributed by atoms with E-state index in [0.29, 0.717) is 46.4 Å². The summed E-state index contributed by atoms with van der Waals surface area (Å²) in [5, 5.41) is 31.9. The molecule has 0 unspecified atom stereocenters. The average molecular weight is 1030 g/mol. The molecule has 1 saturated heterocycles. The number of hydrogen-bond donors (Lipinski definition) is 3. The summed E-state index contributed by atoms with van der Waals surface area (Å²) in [6.07, 6.45) is 3.33. The summed E-state index contributed by atoms with van der Waals surface area (Å²) in [6.45, 7) is 12.1. The van der Waals surface area contributed by atoms with Crippen LogP contribution >= 0.6 is 34.3 Å². The van der Waals surface area contributed by atoms with E-state index in [-0.39, 0.29) is 61.7 Å². The zero-order chi connectivity index (χ0) is 50.5. The number of likely N-dealkylation sites (tertiary alicyclic amines) is 1. The third kappa shape index (κ3) is 9.84. The van der Waals surface area contributed by atoms with Gasteiger partial charge in [0.15, 0.2) is 5.82 Å². The number of fused-ring (bicyclic) bond motifs is 3. The Morgan fingerprint density at radius 3 is 2.42 bits per heavy atom. The molecular weight excluding hydrogens is 975 g/mol. The van der Waals surface area contributed by atoms with Gasteiger partial charge in [0, 0.05) is 77.2 Å². The number of ether oxygens (including phenoxy) is 1. The molecule has 0 radical (unpaired) electrons. The Hall–Kier alpha value is -6.60. The number of carbonyl (C=O) groups excluding carboxylic acids is 3. The molecule has 1 aliphatic carbocycles. The molecule has 0 bridgehead atoms. The first-order chi connectivity index (χ1) is 34.6. The second-order valence-electron chi connectivity index (χ2n) is 19.2. The summed E-state index contributed by atoms with van der Waals surface area (Å²) < 4.78 is 25.1. The van der Waals surface area contributed by atoms with E-state index in [2.05, 4.69) is 44.8 Å². The Labute approximate surface area is 429 Å². The molecule has 0 spiro atoms. The van der Waals surface area contributed by atoms with Gasteiger partial charge in [0.25, 0.3) is 0 Å². The number of aliphatic hydroxyl groups is 1. The minimum atomic E-state index is -0.869. The molecule has 6 heterocycles. The number of halogens is 2. The number of thiazole rings is 1. The van der Waals surface area contributed by atoms with Crippen LogP contribution in [0.3, 0.4) is 0 Å². The van der Waals surface area contributed by atoms with Gasteiger partial charge >= 0.3 is 0 Å². The van der Waals surface area contributed by atoms with E-state index in [1.807, 2.05) is 86.3 Å². The lowest BCUT2D eigenvalue weighted by atomic mass is 9.89. The summed E-state index contributed by atoms with van der Waals surface area (Å²) in [6, 6.07) is 17.5. The Bertz CT molecular complexity index is 3210. The van der Waals surface area contributed by atoms with Crippen molar-refractivity contribution in [1.29, 1.82) is 0 Å². The number of nitrogens with one attached hydrogen (secondary N) is 2. The van der Waals surface area contributed by atoms with Gasteiger partial charge in [-0.1, -0.05) is 61.8 Å². The highest BCUT2D eigenvalue weighted by Crippen LogP contribution is 2.40. The number of aliphatic imine (C=N–C) groups is 1. The average Bonchev–Trinajstić information content (AvgIpc) is 4.18. The monoisotopic (exact) mass is 1030 g/mol. The Morgan fingerprint density at radius 1 is 0.944 bits per heavy atom. The number of thiophene rings is 1. The second kappa shape index (κ2) is 20.1. The molecule has 4 aromatic heterocycles. The highest BCUT2D eigenvalue weighted by atomic mass is 35.5. The van der Waals surface area contributed by atoms with Gasteiger partial charge in [-0.3, -0.25) is 28.6 Å². The van der Waals surface area contributed by atoms with Crippen molar-refractivity contribution in [3.63, 3.8) is 0 Å². The van der Waals surface area contributed by atoms with Crippen LogP contribution < -0.4 is 15.4 Å². The van der Waals surface area contributed by atoms with Gasteiger partial charge < -0.3 is 25.4 Å². The molecule has 2 aliphatic heterocycles. The largest absolute Gasteiger partial charge is 0.490 e. The molecule has 72 heavy (non-hydrogen) atoms. The fraction of sp³-hybridized carbons (Fsp3) is 0.358. The molecule has 4 atom stereocenters. The Balaban J connectivity index is 0.769. The maximum atomic E-state index is 15.3. The van der Waals surface area contributed by atoms with Crippen molar-refractivity contribution >= 4 is 57.7 Å². The summed E-state index contributed by atoms with van der Waals surface area (Å²) in [5.41, 5.74) is 9.55. The number of aliphatic hydroxyl groups excluding tert-OH is 1. The van der Waals surface area contributed by atoms with E-state index in [1.54, 1.807) is 45.8 Å². The van der Waals surface area contributed by atoms with Crippen LogP contribution in [-0.2, 0) is 20.9 Å². The normalized spacial score (nSPS) is 19.8. The van der Waals surface area contributed by atoms with Crippen LogP contribution in [-0.4, -0.2) is 93.8 Å². The molecule has 2 fully saturated rings. The molecule has 3 aliphatic rings. The molecule has 3 N–H and O–H groups in total. The molecule has 19 heteroatoms. The minimum absolute atomic E-state index is 0.00813. The summed E-state index contributed by atoms with van der Waals surface area (Å²) in [4.78, 5) is 55.0. The summed E-state index contributed by atoms with van der Waals surface area (Å²) in [7, 11) is 0. The van der Waals surface area contributed by atoms with Gasteiger partial charge in [-0.25, -0.2) is 9.37 Å². The quantitative estimate of drug-likeness (QED) is 0.0959. The van der Waals surface area contributed by atoms with Crippen LogP contribution in [0.1, 0.15) is 96.1 Å². The number of aryl methyl sites for hydroxylation is 3. The van der Waals surface area contributed by atoms with E-state index < -0.39 is 30.0 Å². The SMILES string of the molecule is Cc1ncsc1-c1ccc(CNC(=O)[C@@H]2C[C@@H](O)CN2C(=O)[C@H](C(C)C)n2cc(-c3cc(F)cc(O[C@H]4C[C@H](NC(=O)C[C@@H]5N=C(c6ccc(Cl)cc6)c6c(sc(C)c6C)-n6c(C)nnc65)C4)c3)cn2)cc1. The lowest BCUT2D eigenvalue weighted by Gasteiger charge is -2.36. The Morgan fingerprint density at radius 2 is 1.69 bits per heavy atom. The van der Waals surface area contributed by atoms with Crippen LogP contribution in [0.15, 0.2) is 89.6 Å². The van der Waals surface area contributed by atoms with Crippen molar-refractivity contribution < 1.29 is 28.6 Å². The van der Waals surface area contributed by atoms with Crippen LogP contribution in [0, 0.1) is 39.4 Å². The van der Waals surface area contributed by atoms with Gasteiger partial charge in [-0.05, 0) is 80.1 Å². The molecule has 3 amide bonds. The first-order valence-electron chi connectivity index (χ1n) is 24.0. The van der Waals surface area contributed by atoms with E-state index in [0.717, 1.165) is 54.0 Å². The van der Waals surface area contributed by atoms with Crippen LogP contribution in [0.5, 0.6) is 5.75 Å². The fourth-order valence-electron chi connectivity index (χ4n) is 9.84. The predicted molar refractivity (Wildman–Crippen MR) is 275 cm³/mol. The van der Waals surface area contributed by atoms with Gasteiger partial charge in [0.2, 0.25) is 17.7 Å². The standard InChI is InChI=1S/C53H54ClFN10O5S2/c1-27(2)48(52(69)63-25-40(66)20-44(63)51(68)56-22-32-7-9-34(10-8-32)49-29(4)57-26-71-49)64-24-36(23-58-64)35-15-38(55)17-41(16-35)70-42-18-39(19-42)59-45(67)21-43-50-62-61-31(6)65(50)53-46(28(3)30(5)72-53)47(60-43)33-11-13-37(54)14-12-33/h7-17,23-24,26-27,39-40,42-44,48,66H,18-22,25H2,1-6H3,(H,56,68)(H,59,67)/t39-,40-,42-,43+,44+,48+/m1/s1. The topological polar surface area (TPSA) is 182 Å². The lowest BCUT2D eigenvalue weighted by molar-refractivity contribution is -0.142. The summed E-state index contributed by atoms with van der Waals surface area (Å²) >= 11 is 9.50. The van der Waals surface area contributed by atoms with Crippen LogP contribution in [0.2, 0.25) is 5.02 Å². The number of amides is 3. The van der Waals surface area contributed by atoms with Crippen molar-refractivity contribution in [3.8, 4) is 32.3 Å². The number of aromatic nitrogens is 6. The molecule has 10 rings (SSSR count). The number of nitrogens with zero attached hydrogens (tertiary/aromatic N) is 8.